The fourth-order valence-electron chi connectivity index (χ4n) is 4.93. The minimum atomic E-state index is 0.127. The molecular weight excluding hydrogens is 300 g/mol. The minimum absolute atomic E-state index is 0.127. The van der Waals surface area contributed by atoms with Crippen LogP contribution in [-0.4, -0.2) is 73.0 Å². The summed E-state index contributed by atoms with van der Waals surface area (Å²) in [6, 6.07) is 10.4. The molecule has 1 aromatic carbocycles. The zero-order valence-corrected chi connectivity index (χ0v) is 14.6. The molecule has 0 unspecified atom stereocenters. The number of fused-ring (bicyclic) bond motifs is 5. The van der Waals surface area contributed by atoms with Gasteiger partial charge in [-0.1, -0.05) is 24.3 Å². The van der Waals surface area contributed by atoms with Crippen LogP contribution >= 0.6 is 0 Å². The first-order valence-corrected chi connectivity index (χ1v) is 9.57. The second-order valence-electron chi connectivity index (χ2n) is 7.71. The Labute approximate surface area is 145 Å². The standard InChI is InChI=1S/C20H30N2O2/c23-8-10-24-9-7-21-13-16-5-6-19(21)15-22(14-16)20-11-17-3-1-2-4-18(17)12-20/h1-4,16,19-20,23H,5-15H2/t16-,19-/m1/s1. The molecule has 4 aliphatic rings. The summed E-state index contributed by atoms with van der Waals surface area (Å²) in [4.78, 5) is 5.44. The second-order valence-corrected chi connectivity index (χ2v) is 7.71. The fourth-order valence-corrected chi connectivity index (χ4v) is 4.93. The lowest BCUT2D eigenvalue weighted by Gasteiger charge is -2.36. The van der Waals surface area contributed by atoms with E-state index in [4.69, 9.17) is 9.84 Å². The van der Waals surface area contributed by atoms with E-state index < -0.39 is 0 Å². The normalized spacial score (nSPS) is 28.2. The van der Waals surface area contributed by atoms with Crippen LogP contribution in [0.5, 0.6) is 0 Å². The number of benzene rings is 1. The minimum Gasteiger partial charge on any atom is -0.394 e. The maximum absolute atomic E-state index is 8.84. The van der Waals surface area contributed by atoms with Crippen LogP contribution in [-0.2, 0) is 17.6 Å². The molecule has 3 aliphatic heterocycles. The molecule has 3 heterocycles. The number of hydrogen-bond donors (Lipinski definition) is 1. The summed E-state index contributed by atoms with van der Waals surface area (Å²) >= 11 is 0. The topological polar surface area (TPSA) is 35.9 Å². The van der Waals surface area contributed by atoms with E-state index in [9.17, 15) is 0 Å². The lowest BCUT2D eigenvalue weighted by molar-refractivity contribution is 0.0488. The third-order valence-corrected chi connectivity index (χ3v) is 6.16. The van der Waals surface area contributed by atoms with Crippen molar-refractivity contribution in [3.63, 3.8) is 0 Å². The van der Waals surface area contributed by atoms with Gasteiger partial charge in [-0.3, -0.25) is 9.80 Å². The van der Waals surface area contributed by atoms with E-state index in [1.54, 1.807) is 11.1 Å². The average molecular weight is 330 g/mol. The number of piperidine rings is 1. The number of nitrogens with zero attached hydrogens (tertiary/aromatic N) is 2. The third-order valence-electron chi connectivity index (χ3n) is 6.16. The first-order valence-electron chi connectivity index (χ1n) is 9.57. The molecule has 1 N–H and O–H groups in total. The number of aliphatic hydroxyl groups is 1. The van der Waals surface area contributed by atoms with Crippen molar-refractivity contribution in [2.24, 2.45) is 5.92 Å². The largest absolute Gasteiger partial charge is 0.394 e. The van der Waals surface area contributed by atoms with Gasteiger partial charge in [0.2, 0.25) is 0 Å². The van der Waals surface area contributed by atoms with Crippen molar-refractivity contribution in [3.05, 3.63) is 35.4 Å². The van der Waals surface area contributed by atoms with Crippen molar-refractivity contribution in [2.45, 2.75) is 37.8 Å². The van der Waals surface area contributed by atoms with Crippen LogP contribution in [0.4, 0.5) is 0 Å². The van der Waals surface area contributed by atoms with Crippen LogP contribution in [0.1, 0.15) is 24.0 Å². The molecule has 2 bridgehead atoms. The summed E-state index contributed by atoms with van der Waals surface area (Å²) in [6.07, 6.45) is 5.18. The van der Waals surface area contributed by atoms with Gasteiger partial charge in [0.1, 0.15) is 0 Å². The number of ether oxygens (including phenoxy) is 1. The lowest BCUT2D eigenvalue weighted by Crippen LogP contribution is -2.46. The lowest BCUT2D eigenvalue weighted by atomic mass is 9.95. The summed E-state index contributed by atoms with van der Waals surface area (Å²) in [7, 11) is 0. The van der Waals surface area contributed by atoms with E-state index >= 15 is 0 Å². The number of rotatable bonds is 6. The Morgan fingerprint density at radius 2 is 1.75 bits per heavy atom. The molecule has 132 valence electrons. The monoisotopic (exact) mass is 330 g/mol. The molecule has 0 spiro atoms. The summed E-state index contributed by atoms with van der Waals surface area (Å²) in [5.74, 6) is 0.810. The van der Waals surface area contributed by atoms with Gasteiger partial charge in [0, 0.05) is 38.3 Å². The summed E-state index contributed by atoms with van der Waals surface area (Å²) < 4.78 is 5.50. The molecule has 1 aliphatic carbocycles. The summed E-state index contributed by atoms with van der Waals surface area (Å²) in [5.41, 5.74) is 3.13. The van der Waals surface area contributed by atoms with E-state index in [1.807, 2.05) is 0 Å². The van der Waals surface area contributed by atoms with Crippen molar-refractivity contribution in [1.82, 2.24) is 9.80 Å². The van der Waals surface area contributed by atoms with E-state index in [0.717, 1.165) is 19.1 Å². The first kappa shape index (κ1) is 16.5. The average Bonchev–Trinajstić information content (AvgIpc) is 2.83. The van der Waals surface area contributed by atoms with Gasteiger partial charge in [-0.2, -0.15) is 0 Å². The van der Waals surface area contributed by atoms with Crippen molar-refractivity contribution in [2.75, 3.05) is 46.0 Å². The molecular formula is C20H30N2O2. The molecule has 24 heavy (non-hydrogen) atoms. The maximum Gasteiger partial charge on any atom is 0.0698 e. The highest BCUT2D eigenvalue weighted by atomic mass is 16.5. The Kier molecular flexibility index (Phi) is 5.18. The molecule has 4 nitrogen and oxygen atoms in total. The molecule has 5 rings (SSSR count). The highest BCUT2D eigenvalue weighted by Crippen LogP contribution is 2.32. The molecule has 3 fully saturated rings. The van der Waals surface area contributed by atoms with Crippen LogP contribution in [0.15, 0.2) is 24.3 Å². The van der Waals surface area contributed by atoms with Crippen LogP contribution in [0.3, 0.4) is 0 Å². The van der Waals surface area contributed by atoms with Gasteiger partial charge < -0.3 is 9.84 Å². The molecule has 0 radical (unpaired) electrons. The fraction of sp³-hybridized carbons (Fsp3) is 0.700. The molecule has 0 amide bonds. The van der Waals surface area contributed by atoms with Gasteiger partial charge >= 0.3 is 0 Å². The Bertz CT molecular complexity index is 525. The Hall–Kier alpha value is -0.940. The van der Waals surface area contributed by atoms with Gasteiger partial charge in [0.05, 0.1) is 19.8 Å². The van der Waals surface area contributed by atoms with Crippen molar-refractivity contribution in [1.29, 1.82) is 0 Å². The quantitative estimate of drug-likeness (QED) is 0.803. The predicted molar refractivity (Wildman–Crippen MR) is 95.2 cm³/mol. The van der Waals surface area contributed by atoms with Crippen molar-refractivity contribution < 1.29 is 9.84 Å². The van der Waals surface area contributed by atoms with Gasteiger partial charge in [-0.05, 0) is 42.7 Å². The van der Waals surface area contributed by atoms with Gasteiger partial charge in [0.25, 0.3) is 0 Å². The molecule has 3 saturated heterocycles. The van der Waals surface area contributed by atoms with Crippen LogP contribution in [0.2, 0.25) is 0 Å². The molecule has 0 aromatic heterocycles. The summed E-state index contributed by atoms with van der Waals surface area (Å²) in [5, 5.41) is 8.84. The number of aliphatic hydroxyl groups excluding tert-OH is 1. The highest BCUT2D eigenvalue weighted by Gasteiger charge is 2.38. The molecule has 4 heteroatoms. The Morgan fingerprint density at radius 1 is 0.958 bits per heavy atom. The Morgan fingerprint density at radius 3 is 2.50 bits per heavy atom. The maximum atomic E-state index is 8.84. The van der Waals surface area contributed by atoms with Crippen LogP contribution in [0.25, 0.3) is 0 Å². The predicted octanol–water partition coefficient (Wildman–Crippen LogP) is 1.56. The van der Waals surface area contributed by atoms with Crippen molar-refractivity contribution in [3.8, 4) is 0 Å². The smallest absolute Gasteiger partial charge is 0.0698 e. The zero-order valence-electron chi connectivity index (χ0n) is 14.6. The zero-order chi connectivity index (χ0) is 16.4. The van der Waals surface area contributed by atoms with Gasteiger partial charge in [-0.15, -0.1) is 0 Å². The first-order chi connectivity index (χ1) is 11.8. The van der Waals surface area contributed by atoms with Crippen LogP contribution in [0, 0.1) is 5.92 Å². The van der Waals surface area contributed by atoms with Gasteiger partial charge in [0.15, 0.2) is 0 Å². The van der Waals surface area contributed by atoms with Gasteiger partial charge in [-0.25, -0.2) is 0 Å². The Balaban J connectivity index is 1.36. The van der Waals surface area contributed by atoms with E-state index in [2.05, 4.69) is 34.1 Å². The van der Waals surface area contributed by atoms with Crippen LogP contribution < -0.4 is 0 Å². The molecule has 1 aromatic rings. The van der Waals surface area contributed by atoms with E-state index in [1.165, 1.54) is 45.3 Å². The second kappa shape index (κ2) is 7.52. The van der Waals surface area contributed by atoms with E-state index in [-0.39, 0.29) is 6.61 Å². The van der Waals surface area contributed by atoms with Crippen molar-refractivity contribution >= 4 is 0 Å². The van der Waals surface area contributed by atoms with E-state index in [0.29, 0.717) is 18.7 Å². The molecule has 2 atom stereocenters. The third kappa shape index (κ3) is 3.52. The summed E-state index contributed by atoms with van der Waals surface area (Å²) in [6.45, 7) is 6.07. The molecule has 0 saturated carbocycles. The SMILES string of the molecule is OCCOCCN1C[C@H]2CC[C@@H]1CN(C1Cc3ccccc3C1)C2. The highest BCUT2D eigenvalue weighted by molar-refractivity contribution is 5.33. The number of hydrogen-bond acceptors (Lipinski definition) is 4.